The maximum absolute atomic E-state index is 12.3. The van der Waals surface area contributed by atoms with Crippen molar-refractivity contribution in [3.8, 4) is 11.5 Å². The Morgan fingerprint density at radius 2 is 2.14 bits per heavy atom. The van der Waals surface area contributed by atoms with E-state index in [4.69, 9.17) is 4.74 Å². The molecule has 21 heavy (non-hydrogen) atoms. The van der Waals surface area contributed by atoms with Gasteiger partial charge in [-0.1, -0.05) is 24.3 Å². The number of carbonyl (C=O) groups excluding carboxylic acids is 1. The summed E-state index contributed by atoms with van der Waals surface area (Å²) >= 11 is 3.26. The van der Waals surface area contributed by atoms with E-state index in [-0.39, 0.29) is 17.6 Å². The molecule has 0 spiro atoms. The fourth-order valence-corrected chi connectivity index (χ4v) is 2.78. The number of fused-ring (bicyclic) bond motifs is 1. The number of phenolic OH excluding ortho intramolecular Hbond substituents is 1. The lowest BCUT2D eigenvalue weighted by Crippen LogP contribution is -2.29. The third kappa shape index (κ3) is 2.88. The molecule has 0 aliphatic carbocycles. The molecule has 1 amide bonds. The first-order valence-corrected chi connectivity index (χ1v) is 7.41. The number of nitrogens with one attached hydrogen (secondary N) is 1. The van der Waals surface area contributed by atoms with Gasteiger partial charge in [0.2, 0.25) is 5.91 Å². The summed E-state index contributed by atoms with van der Waals surface area (Å²) in [6.07, 6.45) is 0. The van der Waals surface area contributed by atoms with Crippen LogP contribution in [-0.2, 0) is 11.3 Å². The smallest absolute Gasteiger partial charge is 0.231 e. The first-order chi connectivity index (χ1) is 10.1. The van der Waals surface area contributed by atoms with Crippen LogP contribution in [0.3, 0.4) is 0 Å². The topological polar surface area (TPSA) is 58.6 Å². The van der Waals surface area contributed by atoms with Gasteiger partial charge in [0.1, 0.15) is 24.0 Å². The Kier molecular flexibility index (Phi) is 3.84. The van der Waals surface area contributed by atoms with Crippen LogP contribution in [0.2, 0.25) is 0 Å². The molecule has 0 radical (unpaired) electrons. The summed E-state index contributed by atoms with van der Waals surface area (Å²) in [4.78, 5) is 12.3. The molecule has 1 aliphatic rings. The molecule has 2 N–H and O–H groups in total. The van der Waals surface area contributed by atoms with Gasteiger partial charge in [0.25, 0.3) is 0 Å². The van der Waals surface area contributed by atoms with Crippen molar-refractivity contribution in [3.63, 3.8) is 0 Å². The van der Waals surface area contributed by atoms with Gasteiger partial charge >= 0.3 is 0 Å². The normalized spacial score (nSPS) is 16.1. The van der Waals surface area contributed by atoms with Crippen LogP contribution in [0, 0.1) is 0 Å². The Hall–Kier alpha value is -2.01. The van der Waals surface area contributed by atoms with Gasteiger partial charge < -0.3 is 15.2 Å². The molecule has 0 unspecified atom stereocenters. The molecule has 0 aromatic heterocycles. The van der Waals surface area contributed by atoms with Gasteiger partial charge in [0.15, 0.2) is 0 Å². The molecule has 0 saturated heterocycles. The van der Waals surface area contributed by atoms with Crippen LogP contribution in [0.25, 0.3) is 0 Å². The first kappa shape index (κ1) is 13.9. The minimum atomic E-state index is -0.262. The van der Waals surface area contributed by atoms with Gasteiger partial charge in [0.05, 0.1) is 4.47 Å². The molecule has 0 saturated carbocycles. The monoisotopic (exact) mass is 347 g/mol. The number of ether oxygens (including phenoxy) is 1. The lowest BCUT2D eigenvalue weighted by molar-refractivity contribution is -0.122. The summed E-state index contributed by atoms with van der Waals surface area (Å²) in [6, 6.07) is 12.8. The lowest BCUT2D eigenvalue weighted by Gasteiger charge is -2.10. The minimum Gasteiger partial charge on any atom is -0.507 e. The van der Waals surface area contributed by atoms with Crippen LogP contribution >= 0.6 is 15.9 Å². The van der Waals surface area contributed by atoms with E-state index in [0.717, 1.165) is 16.9 Å². The van der Waals surface area contributed by atoms with Gasteiger partial charge in [0, 0.05) is 12.1 Å². The molecule has 0 fully saturated rings. The summed E-state index contributed by atoms with van der Waals surface area (Å²) < 4.78 is 6.13. The Labute approximate surface area is 130 Å². The third-order valence-corrected chi connectivity index (χ3v) is 4.13. The van der Waals surface area contributed by atoms with Gasteiger partial charge in [-0.15, -0.1) is 0 Å². The highest BCUT2D eigenvalue weighted by Crippen LogP contribution is 2.33. The maximum Gasteiger partial charge on any atom is 0.231 e. The fourth-order valence-electron chi connectivity index (χ4n) is 2.35. The maximum atomic E-state index is 12.3. The van der Waals surface area contributed by atoms with Crippen molar-refractivity contribution in [2.24, 2.45) is 0 Å². The second-order valence-electron chi connectivity index (χ2n) is 4.90. The molecule has 5 heteroatoms. The molecule has 1 heterocycles. The van der Waals surface area contributed by atoms with Crippen LogP contribution in [0.4, 0.5) is 0 Å². The highest BCUT2D eigenvalue weighted by molar-refractivity contribution is 9.10. The van der Waals surface area contributed by atoms with E-state index >= 15 is 0 Å². The largest absolute Gasteiger partial charge is 0.507 e. The second-order valence-corrected chi connectivity index (χ2v) is 5.76. The Morgan fingerprint density at radius 3 is 2.95 bits per heavy atom. The van der Waals surface area contributed by atoms with Crippen LogP contribution in [0.5, 0.6) is 11.5 Å². The van der Waals surface area contributed by atoms with E-state index in [2.05, 4.69) is 21.2 Å². The molecule has 3 rings (SSSR count). The SMILES string of the molecule is O=C(NCc1ccc(O)c(Br)c1)[C@@H]1COc2ccccc21. The van der Waals surface area contributed by atoms with Gasteiger partial charge in [-0.05, 0) is 39.7 Å². The molecule has 2 aromatic rings. The average molecular weight is 348 g/mol. The number of para-hydroxylation sites is 1. The Bertz CT molecular complexity index is 687. The zero-order chi connectivity index (χ0) is 14.8. The van der Waals surface area contributed by atoms with Crippen molar-refractivity contribution in [2.45, 2.75) is 12.5 Å². The Morgan fingerprint density at radius 1 is 1.33 bits per heavy atom. The molecule has 0 bridgehead atoms. The molecular weight excluding hydrogens is 334 g/mol. The standard InChI is InChI=1S/C16H14BrNO3/c17-13-7-10(5-6-14(13)19)8-18-16(20)12-9-21-15-4-2-1-3-11(12)15/h1-7,12,19H,8-9H2,(H,18,20)/t12-/m1/s1. The summed E-state index contributed by atoms with van der Waals surface area (Å²) in [5.41, 5.74) is 1.85. The van der Waals surface area contributed by atoms with Crippen molar-refractivity contribution < 1.29 is 14.6 Å². The molecule has 108 valence electrons. The number of halogens is 1. The average Bonchev–Trinajstić information content (AvgIpc) is 2.92. The highest BCUT2D eigenvalue weighted by atomic mass is 79.9. The quantitative estimate of drug-likeness (QED) is 0.897. The number of hydrogen-bond acceptors (Lipinski definition) is 3. The number of carbonyl (C=O) groups is 1. The van der Waals surface area contributed by atoms with E-state index < -0.39 is 0 Å². The summed E-state index contributed by atoms with van der Waals surface area (Å²) in [7, 11) is 0. The van der Waals surface area contributed by atoms with Crippen LogP contribution < -0.4 is 10.1 Å². The van der Waals surface area contributed by atoms with Crippen molar-refractivity contribution in [2.75, 3.05) is 6.61 Å². The molecule has 1 atom stereocenters. The lowest BCUT2D eigenvalue weighted by atomic mass is 10.0. The van der Waals surface area contributed by atoms with Crippen molar-refractivity contribution in [1.82, 2.24) is 5.32 Å². The number of benzene rings is 2. The number of aromatic hydroxyl groups is 1. The minimum absolute atomic E-state index is 0.0517. The van der Waals surface area contributed by atoms with E-state index in [9.17, 15) is 9.90 Å². The van der Waals surface area contributed by atoms with E-state index in [1.54, 1.807) is 18.2 Å². The van der Waals surface area contributed by atoms with Crippen molar-refractivity contribution in [1.29, 1.82) is 0 Å². The van der Waals surface area contributed by atoms with E-state index in [1.807, 2.05) is 24.3 Å². The van der Waals surface area contributed by atoms with E-state index in [0.29, 0.717) is 17.6 Å². The van der Waals surface area contributed by atoms with Gasteiger partial charge in [-0.25, -0.2) is 0 Å². The second kappa shape index (κ2) is 5.77. The predicted molar refractivity (Wildman–Crippen MR) is 82.3 cm³/mol. The van der Waals surface area contributed by atoms with Crippen molar-refractivity contribution >= 4 is 21.8 Å². The van der Waals surface area contributed by atoms with Gasteiger partial charge in [-0.2, -0.15) is 0 Å². The first-order valence-electron chi connectivity index (χ1n) is 6.62. The fraction of sp³-hybridized carbons (Fsp3) is 0.188. The number of hydrogen-bond donors (Lipinski definition) is 2. The van der Waals surface area contributed by atoms with E-state index in [1.165, 1.54) is 0 Å². The summed E-state index contributed by atoms with van der Waals surface area (Å²) in [6.45, 7) is 0.792. The van der Waals surface area contributed by atoms with Crippen LogP contribution in [0.15, 0.2) is 46.9 Å². The van der Waals surface area contributed by atoms with Crippen LogP contribution in [0.1, 0.15) is 17.0 Å². The van der Waals surface area contributed by atoms with Gasteiger partial charge in [-0.3, -0.25) is 4.79 Å². The zero-order valence-electron chi connectivity index (χ0n) is 11.2. The predicted octanol–water partition coefficient (Wildman–Crippen LogP) is 2.95. The zero-order valence-corrected chi connectivity index (χ0v) is 12.8. The van der Waals surface area contributed by atoms with Crippen molar-refractivity contribution in [3.05, 3.63) is 58.1 Å². The number of phenols is 1. The molecular formula is C16H14BrNO3. The molecule has 4 nitrogen and oxygen atoms in total. The molecule has 2 aromatic carbocycles. The summed E-state index contributed by atoms with van der Waals surface area (Å²) in [5, 5.41) is 12.4. The van der Waals surface area contributed by atoms with Crippen LogP contribution in [-0.4, -0.2) is 17.6 Å². The number of rotatable bonds is 3. The Balaban J connectivity index is 1.66. The highest BCUT2D eigenvalue weighted by Gasteiger charge is 2.29. The third-order valence-electron chi connectivity index (χ3n) is 3.50. The number of amides is 1. The molecule has 1 aliphatic heterocycles. The summed E-state index contributed by atoms with van der Waals surface area (Å²) in [5.74, 6) is 0.652.